The van der Waals surface area contributed by atoms with Crippen molar-refractivity contribution in [1.29, 1.82) is 0 Å². The molecule has 1 amide bonds. The molecule has 1 aromatic carbocycles. The Labute approximate surface area is 157 Å². The molecule has 0 saturated carbocycles. The maximum Gasteiger partial charge on any atom is 0.272 e. The van der Waals surface area contributed by atoms with Gasteiger partial charge in [0.25, 0.3) is 9.70 Å². The molecule has 0 bridgehead atoms. The van der Waals surface area contributed by atoms with E-state index >= 15 is 0 Å². The molecule has 1 N–H and O–H groups in total. The highest BCUT2D eigenvalue weighted by Gasteiger charge is 2.41. The number of nitrogens with zero attached hydrogens (tertiary/aromatic N) is 1. The Morgan fingerprint density at radius 2 is 1.87 bits per heavy atom. The lowest BCUT2D eigenvalue weighted by Gasteiger charge is -2.19. The fourth-order valence-electron chi connectivity index (χ4n) is 2.09. The Balaban J connectivity index is 2.14. The molecule has 1 saturated heterocycles. The van der Waals surface area contributed by atoms with Crippen LogP contribution in [0.2, 0.25) is 0 Å². The zero-order valence-electron chi connectivity index (χ0n) is 11.5. The second kappa shape index (κ2) is 7.27. The van der Waals surface area contributed by atoms with Gasteiger partial charge >= 0.3 is 0 Å². The molecule has 2 atom stereocenters. The van der Waals surface area contributed by atoms with Crippen LogP contribution >= 0.6 is 50.7 Å². The minimum absolute atomic E-state index is 0.162. The number of halogens is 4. The highest BCUT2D eigenvalue weighted by Crippen LogP contribution is 2.27. The standard InChI is InChI=1S/C13H12BrCl3N2O3S/c14-9-3-1-8(2-4-9)5-18-10-6-23(21,22)7-11(10)19-12(20)13(15,16)17/h1-5,10-11H,6-7H2,(H,19,20)/t10-,11-/m0/s1. The fraction of sp³-hybridized carbons (Fsp3) is 0.385. The van der Waals surface area contributed by atoms with E-state index in [0.717, 1.165) is 10.0 Å². The number of sulfone groups is 1. The van der Waals surface area contributed by atoms with E-state index in [9.17, 15) is 13.2 Å². The lowest BCUT2D eigenvalue weighted by atomic mass is 10.1. The van der Waals surface area contributed by atoms with Gasteiger partial charge in [-0.1, -0.05) is 62.9 Å². The Kier molecular flexibility index (Phi) is 6.00. The summed E-state index contributed by atoms with van der Waals surface area (Å²) >= 11 is 19.8. The van der Waals surface area contributed by atoms with Gasteiger partial charge in [0.15, 0.2) is 9.84 Å². The second-order valence-electron chi connectivity index (χ2n) is 5.05. The first-order chi connectivity index (χ1) is 10.6. The quantitative estimate of drug-likeness (QED) is 0.554. The molecular formula is C13H12BrCl3N2O3S. The highest BCUT2D eigenvalue weighted by molar-refractivity contribution is 9.10. The van der Waals surface area contributed by atoms with Crippen molar-refractivity contribution in [2.75, 3.05) is 11.5 Å². The molecule has 23 heavy (non-hydrogen) atoms. The smallest absolute Gasteiger partial charge is 0.272 e. The van der Waals surface area contributed by atoms with Crippen LogP contribution in [0.1, 0.15) is 5.56 Å². The van der Waals surface area contributed by atoms with Crippen LogP contribution in [0.3, 0.4) is 0 Å². The molecule has 1 aromatic rings. The molecule has 10 heteroatoms. The minimum atomic E-state index is -3.31. The number of amides is 1. The Hall–Kier alpha value is -0.340. The van der Waals surface area contributed by atoms with E-state index in [1.807, 2.05) is 24.3 Å². The summed E-state index contributed by atoms with van der Waals surface area (Å²) in [5.74, 6) is -1.26. The average molecular weight is 463 g/mol. The van der Waals surface area contributed by atoms with Gasteiger partial charge in [-0.3, -0.25) is 9.79 Å². The van der Waals surface area contributed by atoms with Crippen molar-refractivity contribution in [3.8, 4) is 0 Å². The third-order valence-electron chi connectivity index (χ3n) is 3.18. The fourth-order valence-corrected chi connectivity index (χ4v) is 4.35. The molecular weight excluding hydrogens is 450 g/mol. The number of hydrogen-bond donors (Lipinski definition) is 1. The van der Waals surface area contributed by atoms with Crippen LogP contribution in [-0.4, -0.2) is 47.9 Å². The van der Waals surface area contributed by atoms with Crippen LogP contribution in [0.25, 0.3) is 0 Å². The van der Waals surface area contributed by atoms with E-state index in [2.05, 4.69) is 26.2 Å². The molecule has 0 spiro atoms. The van der Waals surface area contributed by atoms with Crippen LogP contribution in [0.5, 0.6) is 0 Å². The SMILES string of the molecule is O=C(N[C@H]1CS(=O)(=O)C[C@@H]1N=Cc1ccc(Br)cc1)C(Cl)(Cl)Cl. The molecule has 5 nitrogen and oxygen atoms in total. The topological polar surface area (TPSA) is 75.6 Å². The van der Waals surface area contributed by atoms with E-state index in [1.165, 1.54) is 0 Å². The zero-order valence-corrected chi connectivity index (χ0v) is 16.2. The highest BCUT2D eigenvalue weighted by atomic mass is 79.9. The number of hydrogen-bond acceptors (Lipinski definition) is 4. The molecule has 2 rings (SSSR count). The van der Waals surface area contributed by atoms with Crippen LogP contribution in [-0.2, 0) is 14.6 Å². The maximum atomic E-state index is 11.8. The minimum Gasteiger partial charge on any atom is -0.346 e. The number of carbonyl (C=O) groups excluding carboxylic acids is 1. The summed E-state index contributed by atoms with van der Waals surface area (Å²) < 4.78 is 22.4. The van der Waals surface area contributed by atoms with Crippen LogP contribution in [0.4, 0.5) is 0 Å². The molecule has 0 aliphatic carbocycles. The van der Waals surface area contributed by atoms with Crippen molar-refractivity contribution >= 4 is 72.7 Å². The first-order valence-corrected chi connectivity index (χ1v) is 10.2. The van der Waals surface area contributed by atoms with E-state index in [0.29, 0.717) is 0 Å². The summed E-state index contributed by atoms with van der Waals surface area (Å²) in [6, 6.07) is 5.98. The summed E-state index contributed by atoms with van der Waals surface area (Å²) in [5, 5.41) is 2.43. The van der Waals surface area contributed by atoms with E-state index in [4.69, 9.17) is 34.8 Å². The Morgan fingerprint density at radius 1 is 1.26 bits per heavy atom. The molecule has 1 aliphatic heterocycles. The van der Waals surface area contributed by atoms with Gasteiger partial charge in [-0.05, 0) is 17.7 Å². The molecule has 0 unspecified atom stereocenters. The molecule has 0 radical (unpaired) electrons. The lowest BCUT2D eigenvalue weighted by Crippen LogP contribution is -2.46. The van der Waals surface area contributed by atoms with Crippen molar-refractivity contribution in [3.05, 3.63) is 34.3 Å². The number of rotatable bonds is 3. The van der Waals surface area contributed by atoms with Gasteiger partial charge < -0.3 is 5.32 Å². The van der Waals surface area contributed by atoms with Gasteiger partial charge in [0.2, 0.25) is 0 Å². The number of nitrogens with one attached hydrogen (secondary N) is 1. The third-order valence-corrected chi connectivity index (χ3v) is 5.94. The van der Waals surface area contributed by atoms with Crippen LogP contribution in [0.15, 0.2) is 33.7 Å². The summed E-state index contributed by atoms with van der Waals surface area (Å²) in [7, 11) is -3.31. The van der Waals surface area contributed by atoms with Crippen molar-refractivity contribution in [2.45, 2.75) is 15.9 Å². The van der Waals surface area contributed by atoms with Gasteiger partial charge in [-0.25, -0.2) is 8.42 Å². The van der Waals surface area contributed by atoms with Crippen molar-refractivity contribution in [1.82, 2.24) is 5.32 Å². The summed E-state index contributed by atoms with van der Waals surface area (Å²) in [5.41, 5.74) is 0.809. The van der Waals surface area contributed by atoms with Crippen LogP contribution < -0.4 is 5.32 Å². The number of alkyl halides is 3. The van der Waals surface area contributed by atoms with Gasteiger partial charge in [-0.2, -0.15) is 0 Å². The first-order valence-electron chi connectivity index (χ1n) is 6.44. The van der Waals surface area contributed by atoms with Gasteiger partial charge in [0.1, 0.15) is 0 Å². The van der Waals surface area contributed by atoms with Crippen LogP contribution in [0, 0.1) is 0 Å². The summed E-state index contributed by atoms with van der Waals surface area (Å²) in [6.07, 6.45) is 1.56. The largest absolute Gasteiger partial charge is 0.346 e. The summed E-state index contributed by atoms with van der Waals surface area (Å²) in [6.45, 7) is 0. The van der Waals surface area contributed by atoms with Gasteiger partial charge in [-0.15, -0.1) is 0 Å². The second-order valence-corrected chi connectivity index (χ2v) is 10.4. The van der Waals surface area contributed by atoms with E-state index in [1.54, 1.807) is 6.21 Å². The van der Waals surface area contributed by atoms with Gasteiger partial charge in [0, 0.05) is 10.7 Å². The maximum absolute atomic E-state index is 11.8. The molecule has 0 aromatic heterocycles. The number of aliphatic imine (C=N–C) groups is 1. The van der Waals surface area contributed by atoms with E-state index in [-0.39, 0.29) is 11.5 Å². The zero-order chi connectivity index (χ0) is 17.3. The molecule has 1 fully saturated rings. The Morgan fingerprint density at radius 3 is 2.43 bits per heavy atom. The summed E-state index contributed by atoms with van der Waals surface area (Å²) in [4.78, 5) is 16.0. The first kappa shape index (κ1) is 19.0. The number of benzene rings is 1. The van der Waals surface area contributed by atoms with Crippen molar-refractivity contribution < 1.29 is 13.2 Å². The molecule has 126 valence electrons. The number of carbonyl (C=O) groups is 1. The lowest BCUT2D eigenvalue weighted by molar-refractivity contribution is -0.120. The molecule has 1 aliphatic rings. The third kappa shape index (κ3) is 5.60. The predicted octanol–water partition coefficient (Wildman–Crippen LogP) is 2.52. The monoisotopic (exact) mass is 460 g/mol. The van der Waals surface area contributed by atoms with Crippen molar-refractivity contribution in [2.24, 2.45) is 4.99 Å². The Bertz CT molecular complexity index is 717. The van der Waals surface area contributed by atoms with Gasteiger partial charge in [0.05, 0.1) is 23.6 Å². The molecule has 1 heterocycles. The van der Waals surface area contributed by atoms with Crippen molar-refractivity contribution in [3.63, 3.8) is 0 Å². The predicted molar refractivity (Wildman–Crippen MR) is 96.4 cm³/mol. The average Bonchev–Trinajstić information content (AvgIpc) is 2.71. The normalized spacial score (nSPS) is 24.0. The van der Waals surface area contributed by atoms with E-state index < -0.39 is 31.6 Å².